The van der Waals surface area contributed by atoms with E-state index < -0.39 is 0 Å². The van der Waals surface area contributed by atoms with E-state index in [1.165, 1.54) is 83.6 Å². The fraction of sp³-hybridized carbons (Fsp3) is 0.143. The summed E-state index contributed by atoms with van der Waals surface area (Å²) in [5, 5.41) is 2.22. The molecule has 0 N–H and O–H groups in total. The largest absolute Gasteiger partial charge is 0.456 e. The zero-order valence-electron chi connectivity index (χ0n) is 38.3. The van der Waals surface area contributed by atoms with E-state index in [1.807, 2.05) is 18.2 Å². The van der Waals surface area contributed by atoms with Crippen LogP contribution in [0.3, 0.4) is 0 Å². The number of hydrogen-bond donors (Lipinski definition) is 0. The highest BCUT2D eigenvalue weighted by Gasteiger charge is 2.39. The molecule has 0 radical (unpaired) electrons. The first-order valence-electron chi connectivity index (χ1n) is 22.9. The molecule has 12 rings (SSSR count). The fourth-order valence-corrected chi connectivity index (χ4v) is 10.9. The number of fused-ring (bicyclic) bond motifs is 9. The maximum Gasteiger partial charge on any atom is 0.137 e. The van der Waals surface area contributed by atoms with Crippen LogP contribution in [0.4, 0.5) is 17.1 Å². The Bertz CT molecular complexity index is 3470. The van der Waals surface area contributed by atoms with Gasteiger partial charge in [0.1, 0.15) is 11.2 Å². The predicted octanol–water partition coefficient (Wildman–Crippen LogP) is 17.6. The molecule has 1 aromatic heterocycles. The molecule has 9 aromatic carbocycles. The molecule has 316 valence electrons. The highest BCUT2D eigenvalue weighted by molar-refractivity contribution is 6.15. The van der Waals surface area contributed by atoms with Crippen molar-refractivity contribution < 1.29 is 4.42 Å². The fourth-order valence-electron chi connectivity index (χ4n) is 10.9. The van der Waals surface area contributed by atoms with Crippen LogP contribution in [0.1, 0.15) is 66.6 Å². The van der Waals surface area contributed by atoms with E-state index in [0.29, 0.717) is 0 Å². The Balaban J connectivity index is 0.000000615. The molecule has 2 aliphatic rings. The minimum Gasteiger partial charge on any atom is -0.456 e. The number of anilines is 3. The van der Waals surface area contributed by atoms with Gasteiger partial charge in [0.2, 0.25) is 0 Å². The molecular formula is C63H53NO. The van der Waals surface area contributed by atoms with E-state index in [0.717, 1.165) is 38.9 Å². The first-order chi connectivity index (χ1) is 31.5. The molecule has 0 saturated carbocycles. The molecular weight excluding hydrogens is 787 g/mol. The first kappa shape index (κ1) is 40.4. The standard InChI is InChI=1S/C56H45NO.C7H8/c1-34-15-7-8-16-39(34)40-28-25-36(31-35(40)2)37-26-29-44-52(32-37)58-51-24-14-23-50(54(44)51)57(38-27-30-42-41-17-9-11-19-45(41)56(5,6)48(42)33-38)49-22-13-21-47-53(49)43-18-10-12-20-46(43)55(47,3)4;1-7-5-3-2-4-6-7/h7-33H,1-6H3;2-6H,1H3. The second kappa shape index (κ2) is 15.4. The van der Waals surface area contributed by atoms with Crippen molar-refractivity contribution in [3.8, 4) is 44.5 Å². The summed E-state index contributed by atoms with van der Waals surface area (Å²) in [6, 6.07) is 70.8. The maximum absolute atomic E-state index is 6.82. The lowest BCUT2D eigenvalue weighted by atomic mass is 9.82. The summed E-state index contributed by atoms with van der Waals surface area (Å²) in [5.74, 6) is 0. The number of hydrogen-bond acceptors (Lipinski definition) is 2. The third-order valence-corrected chi connectivity index (χ3v) is 14.3. The second-order valence-corrected chi connectivity index (χ2v) is 19.1. The van der Waals surface area contributed by atoms with Crippen LogP contribution in [0.15, 0.2) is 199 Å². The topological polar surface area (TPSA) is 16.4 Å². The van der Waals surface area contributed by atoms with Gasteiger partial charge in [-0.25, -0.2) is 0 Å². The minimum atomic E-state index is -0.137. The van der Waals surface area contributed by atoms with Crippen LogP contribution in [-0.4, -0.2) is 0 Å². The molecule has 2 nitrogen and oxygen atoms in total. The summed E-state index contributed by atoms with van der Waals surface area (Å²) >= 11 is 0. The first-order valence-corrected chi connectivity index (χ1v) is 22.9. The third-order valence-electron chi connectivity index (χ3n) is 14.3. The highest BCUT2D eigenvalue weighted by Crippen LogP contribution is 2.56. The molecule has 2 aliphatic carbocycles. The molecule has 0 atom stereocenters. The highest BCUT2D eigenvalue weighted by atomic mass is 16.3. The molecule has 0 unspecified atom stereocenters. The van der Waals surface area contributed by atoms with Crippen LogP contribution < -0.4 is 4.90 Å². The molecule has 1 heterocycles. The number of nitrogens with zero attached hydrogens (tertiary/aromatic N) is 1. The van der Waals surface area contributed by atoms with E-state index in [4.69, 9.17) is 4.42 Å². The van der Waals surface area contributed by atoms with Crippen molar-refractivity contribution in [2.45, 2.75) is 59.3 Å². The molecule has 0 spiro atoms. The van der Waals surface area contributed by atoms with Crippen molar-refractivity contribution in [1.29, 1.82) is 0 Å². The molecule has 0 amide bonds. The van der Waals surface area contributed by atoms with E-state index in [-0.39, 0.29) is 10.8 Å². The zero-order valence-corrected chi connectivity index (χ0v) is 38.3. The normalized spacial score (nSPS) is 13.7. The van der Waals surface area contributed by atoms with Crippen LogP contribution in [0.5, 0.6) is 0 Å². The number of furan rings is 1. The van der Waals surface area contributed by atoms with Gasteiger partial charge in [-0.15, -0.1) is 0 Å². The average molecular weight is 840 g/mol. The van der Waals surface area contributed by atoms with Crippen LogP contribution in [0.25, 0.3) is 66.4 Å². The van der Waals surface area contributed by atoms with Crippen molar-refractivity contribution in [3.05, 3.63) is 233 Å². The number of aryl methyl sites for hydroxylation is 3. The van der Waals surface area contributed by atoms with Crippen molar-refractivity contribution in [2.75, 3.05) is 4.90 Å². The van der Waals surface area contributed by atoms with Gasteiger partial charge in [-0.2, -0.15) is 0 Å². The van der Waals surface area contributed by atoms with E-state index in [2.05, 4.69) is 229 Å². The summed E-state index contributed by atoms with van der Waals surface area (Å²) in [7, 11) is 0. The van der Waals surface area contributed by atoms with E-state index in [1.54, 1.807) is 0 Å². The Kier molecular flexibility index (Phi) is 9.55. The van der Waals surface area contributed by atoms with Gasteiger partial charge in [0, 0.05) is 27.5 Å². The van der Waals surface area contributed by atoms with Crippen LogP contribution in [-0.2, 0) is 10.8 Å². The monoisotopic (exact) mass is 839 g/mol. The van der Waals surface area contributed by atoms with Crippen LogP contribution in [0, 0.1) is 20.8 Å². The van der Waals surface area contributed by atoms with Gasteiger partial charge in [-0.05, 0) is 136 Å². The third kappa shape index (κ3) is 6.54. The summed E-state index contributed by atoms with van der Waals surface area (Å²) in [6.45, 7) is 15.9. The van der Waals surface area contributed by atoms with Crippen LogP contribution in [0.2, 0.25) is 0 Å². The smallest absolute Gasteiger partial charge is 0.137 e. The van der Waals surface area contributed by atoms with Gasteiger partial charge in [0.15, 0.2) is 0 Å². The Labute approximate surface area is 383 Å². The summed E-state index contributed by atoms with van der Waals surface area (Å²) in [4.78, 5) is 2.51. The van der Waals surface area contributed by atoms with Crippen molar-refractivity contribution >= 4 is 39.0 Å². The Morgan fingerprint density at radius 2 is 0.954 bits per heavy atom. The predicted molar refractivity (Wildman–Crippen MR) is 275 cm³/mol. The summed E-state index contributed by atoms with van der Waals surface area (Å²) in [5.41, 5.74) is 24.3. The second-order valence-electron chi connectivity index (χ2n) is 19.1. The Morgan fingerprint density at radius 3 is 1.69 bits per heavy atom. The zero-order chi connectivity index (χ0) is 44.6. The molecule has 0 saturated heterocycles. The molecule has 0 aliphatic heterocycles. The van der Waals surface area contributed by atoms with Gasteiger partial charge >= 0.3 is 0 Å². The lowest BCUT2D eigenvalue weighted by Gasteiger charge is -2.31. The van der Waals surface area contributed by atoms with Crippen molar-refractivity contribution in [2.24, 2.45) is 0 Å². The molecule has 0 bridgehead atoms. The van der Waals surface area contributed by atoms with Gasteiger partial charge in [-0.3, -0.25) is 0 Å². The molecule has 0 fully saturated rings. The van der Waals surface area contributed by atoms with E-state index >= 15 is 0 Å². The van der Waals surface area contributed by atoms with E-state index in [9.17, 15) is 0 Å². The van der Waals surface area contributed by atoms with Gasteiger partial charge < -0.3 is 9.32 Å². The quantitative estimate of drug-likeness (QED) is 0.172. The Morgan fingerprint density at radius 1 is 0.385 bits per heavy atom. The molecule has 65 heavy (non-hydrogen) atoms. The molecule has 2 heteroatoms. The lowest BCUT2D eigenvalue weighted by Crippen LogP contribution is -2.17. The average Bonchev–Trinajstić information content (AvgIpc) is 3.90. The summed E-state index contributed by atoms with van der Waals surface area (Å²) < 4.78 is 6.82. The van der Waals surface area contributed by atoms with Crippen molar-refractivity contribution in [3.63, 3.8) is 0 Å². The number of benzene rings is 9. The SMILES string of the molecule is Cc1ccccc1.Cc1ccccc1-c1ccc(-c2ccc3c(c2)oc2cccc(N(c4ccc5c(c4)C(C)(C)c4ccccc4-5)c4cccc5c4-c4ccccc4C5(C)C)c23)cc1C. The van der Waals surface area contributed by atoms with Gasteiger partial charge in [0.05, 0.1) is 16.8 Å². The lowest BCUT2D eigenvalue weighted by molar-refractivity contribution is 0.660. The van der Waals surface area contributed by atoms with Gasteiger partial charge in [-0.1, -0.05) is 185 Å². The summed E-state index contributed by atoms with van der Waals surface area (Å²) in [6.07, 6.45) is 0. The van der Waals surface area contributed by atoms with Crippen LogP contribution >= 0.6 is 0 Å². The molecule has 10 aromatic rings. The maximum atomic E-state index is 6.82. The minimum absolute atomic E-state index is 0.129. The van der Waals surface area contributed by atoms with Gasteiger partial charge in [0.25, 0.3) is 0 Å². The number of rotatable bonds is 5. The Hall–Kier alpha value is -7.42. The van der Waals surface area contributed by atoms with Crippen molar-refractivity contribution in [1.82, 2.24) is 0 Å².